The number of hydrogen-bond acceptors (Lipinski definition) is 5. The molecule has 0 bridgehead atoms. The fraction of sp³-hybridized carbons (Fsp3) is 0.682. The molecule has 0 fully saturated rings. The Hall–Kier alpha value is -1.27. The van der Waals surface area contributed by atoms with Crippen molar-refractivity contribution in [3.05, 3.63) is 35.9 Å². The lowest BCUT2D eigenvalue weighted by Crippen LogP contribution is -2.45. The minimum Gasteiger partial charge on any atom is -0.396 e. The number of ketones is 1. The average molecular weight is 381 g/mol. The summed E-state index contributed by atoms with van der Waals surface area (Å²) in [5.41, 5.74) is 0.134. The van der Waals surface area contributed by atoms with Gasteiger partial charge in [-0.1, -0.05) is 58.0 Å². The highest BCUT2D eigenvalue weighted by atomic mass is 16.5. The Morgan fingerprint density at radius 1 is 1.11 bits per heavy atom. The predicted octanol–water partition coefficient (Wildman–Crippen LogP) is 2.96. The van der Waals surface area contributed by atoms with Crippen molar-refractivity contribution in [2.45, 2.75) is 65.8 Å². The maximum Gasteiger partial charge on any atom is 0.146 e. The maximum atomic E-state index is 12.7. The van der Waals surface area contributed by atoms with Gasteiger partial charge in [0, 0.05) is 24.5 Å². The number of ether oxygens (including phenoxy) is 1. The van der Waals surface area contributed by atoms with Crippen LogP contribution in [0.5, 0.6) is 0 Å². The number of Topliss-reactive ketones (excluding diaryl/α,β-unsaturated/α-hetero) is 1. The Morgan fingerprint density at radius 2 is 1.74 bits per heavy atom. The van der Waals surface area contributed by atoms with Crippen molar-refractivity contribution in [1.82, 2.24) is 0 Å². The monoisotopic (exact) mass is 380 g/mol. The van der Waals surface area contributed by atoms with Crippen molar-refractivity contribution in [3.8, 4) is 0 Å². The van der Waals surface area contributed by atoms with Gasteiger partial charge in [0.1, 0.15) is 5.78 Å². The van der Waals surface area contributed by atoms with E-state index in [1.54, 1.807) is 20.8 Å². The molecule has 5 nitrogen and oxygen atoms in total. The van der Waals surface area contributed by atoms with Gasteiger partial charge in [-0.3, -0.25) is 4.79 Å². The first kappa shape index (κ1) is 23.8. The van der Waals surface area contributed by atoms with Crippen LogP contribution in [0.2, 0.25) is 0 Å². The summed E-state index contributed by atoms with van der Waals surface area (Å²) in [6.45, 7) is 7.99. The maximum absolute atomic E-state index is 12.7. The van der Waals surface area contributed by atoms with Gasteiger partial charge in [-0.15, -0.1) is 0 Å². The Labute approximate surface area is 163 Å². The second-order valence-electron chi connectivity index (χ2n) is 8.05. The number of hydrogen-bond donors (Lipinski definition) is 3. The van der Waals surface area contributed by atoms with Crippen LogP contribution in [0.4, 0.5) is 0 Å². The fourth-order valence-corrected chi connectivity index (χ4v) is 3.32. The van der Waals surface area contributed by atoms with Gasteiger partial charge in [-0.05, 0) is 30.7 Å². The molecule has 0 aliphatic carbocycles. The second-order valence-corrected chi connectivity index (χ2v) is 8.05. The van der Waals surface area contributed by atoms with Crippen molar-refractivity contribution < 1.29 is 24.9 Å². The highest BCUT2D eigenvalue weighted by Gasteiger charge is 2.40. The van der Waals surface area contributed by atoms with E-state index < -0.39 is 23.5 Å². The van der Waals surface area contributed by atoms with Crippen LogP contribution in [0.25, 0.3) is 0 Å². The van der Waals surface area contributed by atoms with Crippen LogP contribution in [0, 0.1) is 17.3 Å². The zero-order valence-electron chi connectivity index (χ0n) is 17.1. The van der Waals surface area contributed by atoms with Crippen LogP contribution in [0.15, 0.2) is 30.3 Å². The summed E-state index contributed by atoms with van der Waals surface area (Å²) in [6.07, 6.45) is 0.0181. The third kappa shape index (κ3) is 7.34. The average Bonchev–Trinajstić information content (AvgIpc) is 2.66. The number of carbonyl (C=O) groups excluding carboxylic acids is 1. The molecule has 0 aliphatic heterocycles. The van der Waals surface area contributed by atoms with Gasteiger partial charge in [0.15, 0.2) is 0 Å². The van der Waals surface area contributed by atoms with Crippen molar-refractivity contribution in [1.29, 1.82) is 0 Å². The molecule has 0 saturated carbocycles. The topological polar surface area (TPSA) is 87.0 Å². The Morgan fingerprint density at radius 3 is 2.33 bits per heavy atom. The minimum atomic E-state index is -0.998. The van der Waals surface area contributed by atoms with E-state index in [1.165, 1.54) is 0 Å². The summed E-state index contributed by atoms with van der Waals surface area (Å²) < 4.78 is 5.67. The summed E-state index contributed by atoms with van der Waals surface area (Å²) in [6, 6.07) is 9.97. The van der Waals surface area contributed by atoms with Crippen LogP contribution < -0.4 is 0 Å². The lowest BCUT2D eigenvalue weighted by atomic mass is 9.73. The first-order valence-corrected chi connectivity index (χ1v) is 9.84. The molecule has 3 N–H and O–H groups in total. The molecule has 0 radical (unpaired) electrons. The molecule has 154 valence electrons. The summed E-state index contributed by atoms with van der Waals surface area (Å²) >= 11 is 0. The highest BCUT2D eigenvalue weighted by molar-refractivity contribution is 5.87. The molecule has 27 heavy (non-hydrogen) atoms. The van der Waals surface area contributed by atoms with Crippen LogP contribution in [-0.4, -0.2) is 46.5 Å². The molecule has 0 aliphatic rings. The van der Waals surface area contributed by atoms with E-state index in [0.29, 0.717) is 13.2 Å². The van der Waals surface area contributed by atoms with E-state index in [-0.39, 0.29) is 24.7 Å². The van der Waals surface area contributed by atoms with Crippen molar-refractivity contribution in [2.24, 2.45) is 17.3 Å². The fourth-order valence-electron chi connectivity index (χ4n) is 3.32. The molecule has 0 heterocycles. The smallest absolute Gasteiger partial charge is 0.146 e. The third-order valence-corrected chi connectivity index (χ3v) is 5.44. The molecule has 0 spiro atoms. The zero-order chi connectivity index (χ0) is 20.4. The first-order valence-electron chi connectivity index (χ1n) is 9.84. The number of carbonyl (C=O) groups is 1. The Kier molecular flexibility index (Phi) is 10.2. The molecular weight excluding hydrogens is 344 g/mol. The molecule has 5 heteroatoms. The summed E-state index contributed by atoms with van der Waals surface area (Å²) in [5, 5.41) is 29.7. The number of benzene rings is 1. The van der Waals surface area contributed by atoms with Crippen LogP contribution in [0.1, 0.15) is 52.5 Å². The van der Waals surface area contributed by atoms with Crippen LogP contribution in [0.3, 0.4) is 0 Å². The summed E-state index contributed by atoms with van der Waals surface area (Å²) in [4.78, 5) is 12.7. The van der Waals surface area contributed by atoms with Gasteiger partial charge < -0.3 is 20.1 Å². The van der Waals surface area contributed by atoms with Gasteiger partial charge in [0.25, 0.3) is 0 Å². The van der Waals surface area contributed by atoms with Crippen molar-refractivity contribution in [2.75, 3.05) is 13.2 Å². The molecule has 0 aromatic heterocycles. The quantitative estimate of drug-likeness (QED) is 0.458. The van der Waals surface area contributed by atoms with Crippen LogP contribution >= 0.6 is 0 Å². The number of rotatable bonds is 13. The van der Waals surface area contributed by atoms with E-state index in [1.807, 2.05) is 37.3 Å². The van der Waals surface area contributed by atoms with E-state index >= 15 is 0 Å². The first-order chi connectivity index (χ1) is 12.7. The van der Waals surface area contributed by atoms with E-state index in [2.05, 4.69) is 0 Å². The normalized spacial score (nSPS) is 16.6. The summed E-state index contributed by atoms with van der Waals surface area (Å²) in [5.74, 6) is -0.799. The molecule has 1 aromatic rings. The number of aliphatic hydroxyl groups excluding tert-OH is 3. The van der Waals surface area contributed by atoms with Gasteiger partial charge in [-0.2, -0.15) is 0 Å². The lowest BCUT2D eigenvalue weighted by molar-refractivity contribution is -0.142. The molecule has 1 aromatic carbocycles. The highest BCUT2D eigenvalue weighted by Crippen LogP contribution is 2.31. The molecular formula is C22H36O5. The van der Waals surface area contributed by atoms with Crippen molar-refractivity contribution in [3.63, 3.8) is 0 Å². The second kappa shape index (κ2) is 11.5. The molecule has 4 atom stereocenters. The SMILES string of the molecule is C[C@@H](CCCOCc1ccccc1)[C@H](O)[C@@H](C)C(=O)C(C)(C)[C@@H](O)CCO. The van der Waals surface area contributed by atoms with Gasteiger partial charge in [-0.25, -0.2) is 0 Å². The zero-order valence-corrected chi connectivity index (χ0v) is 17.1. The van der Waals surface area contributed by atoms with Crippen molar-refractivity contribution >= 4 is 5.78 Å². The molecule has 0 unspecified atom stereocenters. The Bertz CT molecular complexity index is 543. The van der Waals surface area contributed by atoms with Gasteiger partial charge in [0.05, 0.1) is 18.8 Å². The summed E-state index contributed by atoms with van der Waals surface area (Å²) in [7, 11) is 0. The number of aliphatic hydroxyl groups is 3. The van der Waals surface area contributed by atoms with E-state index in [9.17, 15) is 15.0 Å². The predicted molar refractivity (Wildman–Crippen MR) is 106 cm³/mol. The van der Waals surface area contributed by atoms with Crippen LogP contribution in [-0.2, 0) is 16.1 Å². The van der Waals surface area contributed by atoms with Gasteiger partial charge >= 0.3 is 0 Å². The van der Waals surface area contributed by atoms with E-state index in [0.717, 1.165) is 18.4 Å². The minimum absolute atomic E-state index is 0.0462. The lowest BCUT2D eigenvalue weighted by Gasteiger charge is -2.34. The largest absolute Gasteiger partial charge is 0.396 e. The standard InChI is InChI=1S/C22H36O5/c1-16(9-8-14-27-15-18-10-6-5-7-11-18)20(25)17(2)21(26)22(3,4)19(24)12-13-23/h5-7,10-11,16-17,19-20,23-25H,8-9,12-15H2,1-4H3/t16-,17+,19-,20-/m0/s1. The van der Waals surface area contributed by atoms with E-state index in [4.69, 9.17) is 9.84 Å². The molecule has 0 amide bonds. The Balaban J connectivity index is 2.40. The molecule has 1 rings (SSSR count). The molecule has 0 saturated heterocycles. The third-order valence-electron chi connectivity index (χ3n) is 5.44. The van der Waals surface area contributed by atoms with Gasteiger partial charge in [0.2, 0.25) is 0 Å².